The molecule has 0 aromatic carbocycles. The molecule has 10 fully saturated rings. The Morgan fingerprint density at radius 2 is 1.02 bits per heavy atom. The molecule has 11 rings (SSSR count). The predicted molar refractivity (Wildman–Crippen MR) is 319 cm³/mol. The standard InChI is InChI=1S/C65H106O30/c1-25-36(69)41(74)46(79)54(86-25)92-50-31(22-67)89-53(49(82)45(50)78)85-24-32-40(73)43(76)48(81)56(90-32)95-59(83)65-18-16-60(3,4)20-28(65)27-10-11-34-62(7)14-13-35(61(5,6)33(62)12-15-64(34,9)63(27,8)17-19-65)91-57-51(38(71)29(68)23-84-57)94-58-52(44(77)39(72)30(21-66)88-58)93-55-47(80)42(75)37(70)26(2)87-55/h10,25-26,28-58,66-82H,11-24H2,1-9H3/t25-,26-,28-,29-,30+,31+,32+,33-,34+,35-,36-,37-,38-,39+,40+,41+,42+,43-,44-,45+,46+,47+,48+,49+,50+,51+,52+,53+,54-,55-,56-,57-,58-,62-,63+,64+,65-/m1/s1. The summed E-state index contributed by atoms with van der Waals surface area (Å²) in [4.78, 5) is 15.3. The fraction of sp³-hybridized carbons (Fsp3) is 0.954. The van der Waals surface area contributed by atoms with Gasteiger partial charge in [0, 0.05) is 0 Å². The lowest BCUT2D eigenvalue weighted by atomic mass is 9.33. The van der Waals surface area contributed by atoms with Gasteiger partial charge in [-0.25, -0.2) is 0 Å². The number of hydrogen-bond donors (Lipinski definition) is 17. The van der Waals surface area contributed by atoms with Crippen LogP contribution < -0.4 is 0 Å². The lowest BCUT2D eigenvalue weighted by molar-refractivity contribution is -0.392. The van der Waals surface area contributed by atoms with Crippen LogP contribution in [-0.2, 0) is 61.6 Å². The molecule has 30 heteroatoms. The number of carbonyl (C=O) groups is 1. The van der Waals surface area contributed by atoms with Gasteiger partial charge in [-0.1, -0.05) is 60.1 Å². The van der Waals surface area contributed by atoms with Crippen LogP contribution in [0.3, 0.4) is 0 Å². The van der Waals surface area contributed by atoms with E-state index in [1.54, 1.807) is 0 Å². The Hall–Kier alpha value is -1.91. The molecular formula is C65H106O30. The number of ether oxygens (including phenoxy) is 12. The second-order valence-corrected chi connectivity index (χ2v) is 31.4. The lowest BCUT2D eigenvalue weighted by Crippen LogP contribution is -2.67. The number of fused-ring (bicyclic) bond motifs is 7. The monoisotopic (exact) mass is 1370 g/mol. The summed E-state index contributed by atoms with van der Waals surface area (Å²) in [6, 6.07) is 0. The van der Waals surface area contributed by atoms with Crippen LogP contribution in [0.1, 0.15) is 127 Å². The molecule has 546 valence electrons. The summed E-state index contributed by atoms with van der Waals surface area (Å²) in [5.41, 5.74) is -1.57. The Bertz CT molecular complexity index is 2670. The van der Waals surface area contributed by atoms with E-state index in [-0.39, 0.29) is 40.6 Å². The number of hydrogen-bond acceptors (Lipinski definition) is 30. The first-order chi connectivity index (χ1) is 44.5. The van der Waals surface area contributed by atoms with Gasteiger partial charge in [-0.05, 0) is 123 Å². The largest absolute Gasteiger partial charge is 0.432 e. The van der Waals surface area contributed by atoms with E-state index in [1.807, 2.05) is 0 Å². The van der Waals surface area contributed by atoms with Gasteiger partial charge in [-0.3, -0.25) is 4.79 Å². The molecule has 95 heavy (non-hydrogen) atoms. The molecule has 30 nitrogen and oxygen atoms in total. The molecule has 0 radical (unpaired) electrons. The van der Waals surface area contributed by atoms with Crippen molar-refractivity contribution < 1.29 is 148 Å². The average Bonchev–Trinajstić information content (AvgIpc) is 0.676. The van der Waals surface area contributed by atoms with Crippen molar-refractivity contribution in [2.75, 3.05) is 26.4 Å². The van der Waals surface area contributed by atoms with E-state index in [0.29, 0.717) is 44.9 Å². The summed E-state index contributed by atoms with van der Waals surface area (Å²) in [5, 5.41) is 185. The molecule has 0 spiro atoms. The third kappa shape index (κ3) is 12.9. The molecule has 17 N–H and O–H groups in total. The van der Waals surface area contributed by atoms with Crippen molar-refractivity contribution in [3.05, 3.63) is 11.6 Å². The van der Waals surface area contributed by atoms with Crippen LogP contribution in [0.25, 0.3) is 0 Å². The smallest absolute Gasteiger partial charge is 0.315 e. The number of esters is 1. The SMILES string of the molecule is C[C@H]1O[C@H](O[C@@H]2[C@@H](O[C@@H]3[C@@H](O[C@@H]4CC[C@]5(C)[C@H](CC[C@@]6(C)[C@H]5CC=C5[C@H]7CC(C)(C)CC[C@@]7(C(=O)O[C@H]7O[C@@H](CO[C@H]8O[C@@H](CO)[C@H](O[C@H]9O[C@H](C)[C@@H](O)[C@H](O)[C@@H]9O)[C@@H](O)[C@@H]8O)[C@H](O)[C@@H](O)[C@@H]7O)CC[C@@]56C)C4(C)C)OC[C@@H](O)[C@H]3O)O[C@@H](CO)[C@H](O)[C@H]2O)[C@@H](O)[C@@H](O)[C@@H]1O. The molecule has 6 aliphatic heterocycles. The van der Waals surface area contributed by atoms with Gasteiger partial charge in [0.05, 0.1) is 50.2 Å². The minimum atomic E-state index is -1.91. The summed E-state index contributed by atoms with van der Waals surface area (Å²) in [6.45, 7) is 16.1. The van der Waals surface area contributed by atoms with Crippen molar-refractivity contribution in [2.45, 2.75) is 311 Å². The lowest BCUT2D eigenvalue weighted by Gasteiger charge is -2.71. The zero-order chi connectivity index (χ0) is 69.3. The van der Waals surface area contributed by atoms with Crippen LogP contribution in [0, 0.1) is 50.2 Å². The number of aliphatic hydroxyl groups is 17. The molecule has 0 amide bonds. The average molecular weight is 1370 g/mol. The highest BCUT2D eigenvalue weighted by Gasteiger charge is 2.71. The fourth-order valence-electron chi connectivity index (χ4n) is 19.0. The molecule has 11 aliphatic rings. The summed E-state index contributed by atoms with van der Waals surface area (Å²) in [7, 11) is 0. The van der Waals surface area contributed by atoms with Gasteiger partial charge in [0.25, 0.3) is 0 Å². The maximum Gasteiger partial charge on any atom is 0.315 e. The van der Waals surface area contributed by atoms with Gasteiger partial charge in [0.2, 0.25) is 6.29 Å². The highest BCUT2D eigenvalue weighted by atomic mass is 16.8. The Kier molecular flexibility index (Phi) is 21.7. The van der Waals surface area contributed by atoms with Gasteiger partial charge in [-0.15, -0.1) is 0 Å². The molecule has 5 aliphatic carbocycles. The van der Waals surface area contributed by atoms with Gasteiger partial charge < -0.3 is 144 Å². The van der Waals surface area contributed by atoms with Gasteiger partial charge in [-0.2, -0.15) is 0 Å². The van der Waals surface area contributed by atoms with Crippen LogP contribution in [0.4, 0.5) is 0 Å². The van der Waals surface area contributed by atoms with Crippen LogP contribution in [0.2, 0.25) is 0 Å². The molecule has 0 bridgehead atoms. The van der Waals surface area contributed by atoms with Gasteiger partial charge in [0.15, 0.2) is 31.5 Å². The highest BCUT2D eigenvalue weighted by Crippen LogP contribution is 2.76. The minimum Gasteiger partial charge on any atom is -0.432 e. The minimum absolute atomic E-state index is 0.0752. The number of allylic oxidation sites excluding steroid dienone is 2. The Morgan fingerprint density at radius 3 is 1.65 bits per heavy atom. The fourth-order valence-corrected chi connectivity index (χ4v) is 19.0. The molecule has 37 atom stereocenters. The zero-order valence-corrected chi connectivity index (χ0v) is 55.4. The number of rotatable bonds is 15. The normalized spacial score (nSPS) is 54.6. The Morgan fingerprint density at radius 1 is 0.495 bits per heavy atom. The van der Waals surface area contributed by atoms with Crippen molar-refractivity contribution in [2.24, 2.45) is 50.2 Å². The molecule has 0 aromatic rings. The summed E-state index contributed by atoms with van der Waals surface area (Å²) >= 11 is 0. The number of aliphatic hydroxyl groups excluding tert-OH is 17. The first-order valence-corrected chi connectivity index (χ1v) is 34.0. The van der Waals surface area contributed by atoms with E-state index in [4.69, 9.17) is 56.8 Å². The molecule has 0 aromatic heterocycles. The Balaban J connectivity index is 0.774. The van der Waals surface area contributed by atoms with Crippen molar-refractivity contribution in [1.82, 2.24) is 0 Å². The van der Waals surface area contributed by atoms with E-state index in [2.05, 4.69) is 54.5 Å². The first-order valence-electron chi connectivity index (χ1n) is 34.0. The van der Waals surface area contributed by atoms with E-state index in [1.165, 1.54) is 19.4 Å². The summed E-state index contributed by atoms with van der Waals surface area (Å²) in [5.74, 6) is -0.692. The van der Waals surface area contributed by atoms with Gasteiger partial charge >= 0.3 is 5.97 Å². The highest BCUT2D eigenvalue weighted by molar-refractivity contribution is 5.79. The second kappa shape index (κ2) is 27.7. The number of carbonyl (C=O) groups excluding carboxylic acids is 1. The molecule has 4 saturated carbocycles. The molecular weight excluding hydrogens is 1260 g/mol. The zero-order valence-electron chi connectivity index (χ0n) is 55.4. The molecule has 0 unspecified atom stereocenters. The topological polar surface area (TPSA) is 472 Å². The summed E-state index contributed by atoms with van der Waals surface area (Å²) in [6.07, 6.45) is -38.9. The van der Waals surface area contributed by atoms with Crippen molar-refractivity contribution >= 4 is 5.97 Å². The second-order valence-electron chi connectivity index (χ2n) is 31.4. The first kappa shape index (κ1) is 74.3. The van der Waals surface area contributed by atoms with Gasteiger partial charge in [0.1, 0.15) is 128 Å². The van der Waals surface area contributed by atoms with Crippen LogP contribution in [0.5, 0.6) is 0 Å². The molecule has 6 saturated heterocycles. The molecule has 6 heterocycles. The van der Waals surface area contributed by atoms with Crippen LogP contribution in [-0.4, -0.2) is 303 Å². The predicted octanol–water partition coefficient (Wildman–Crippen LogP) is -3.69. The third-order valence-electron chi connectivity index (χ3n) is 25.2. The van der Waals surface area contributed by atoms with Crippen LogP contribution >= 0.6 is 0 Å². The van der Waals surface area contributed by atoms with Crippen molar-refractivity contribution in [1.29, 1.82) is 0 Å². The maximum atomic E-state index is 15.3. The van der Waals surface area contributed by atoms with Crippen LogP contribution in [0.15, 0.2) is 11.6 Å². The van der Waals surface area contributed by atoms with E-state index >= 15 is 4.79 Å². The van der Waals surface area contributed by atoms with E-state index in [0.717, 1.165) is 19.3 Å². The maximum absolute atomic E-state index is 15.3. The van der Waals surface area contributed by atoms with E-state index in [9.17, 15) is 86.8 Å². The van der Waals surface area contributed by atoms with Crippen molar-refractivity contribution in [3.8, 4) is 0 Å². The Labute approximate surface area is 551 Å². The summed E-state index contributed by atoms with van der Waals surface area (Å²) < 4.78 is 72.0. The quantitative estimate of drug-likeness (QED) is 0.0426. The van der Waals surface area contributed by atoms with Crippen molar-refractivity contribution in [3.63, 3.8) is 0 Å². The third-order valence-corrected chi connectivity index (χ3v) is 25.2. The van der Waals surface area contributed by atoms with E-state index < -0.39 is 226 Å².